The molecule has 0 amide bonds. The Balaban J connectivity index is 2.57. The van der Waals surface area contributed by atoms with Crippen LogP contribution in [0, 0.1) is 0 Å². The van der Waals surface area contributed by atoms with E-state index in [1.807, 2.05) is 16.5 Å². The fourth-order valence-electron chi connectivity index (χ4n) is 1.53. The van der Waals surface area contributed by atoms with Gasteiger partial charge in [-0.05, 0) is 12.1 Å². The lowest BCUT2D eigenvalue weighted by Crippen LogP contribution is -1.86. The third kappa shape index (κ3) is 0.871. The molecule has 0 fully saturated rings. The van der Waals surface area contributed by atoms with Crippen LogP contribution < -0.4 is 4.74 Å². The van der Waals surface area contributed by atoms with E-state index in [4.69, 9.17) is 4.74 Å². The summed E-state index contributed by atoms with van der Waals surface area (Å²) in [7, 11) is 1.67. The average Bonchev–Trinajstić information content (AvgIpc) is 2.75. The molecule has 0 radical (unpaired) electrons. The minimum atomic E-state index is 0.855. The summed E-state index contributed by atoms with van der Waals surface area (Å²) in [5, 5.41) is 7.86. The van der Waals surface area contributed by atoms with Crippen molar-refractivity contribution in [3.63, 3.8) is 0 Å². The van der Waals surface area contributed by atoms with Crippen LogP contribution in [0.2, 0.25) is 0 Å². The van der Waals surface area contributed by atoms with Gasteiger partial charge in [-0.3, -0.25) is 4.40 Å². The van der Waals surface area contributed by atoms with Crippen molar-refractivity contribution in [1.29, 1.82) is 0 Å². The number of rotatable bonds is 1. The lowest BCUT2D eigenvalue weighted by Gasteiger charge is -2.00. The van der Waals surface area contributed by atoms with E-state index in [1.54, 1.807) is 24.8 Å². The normalized spacial score (nSPS) is 11.2. The predicted molar refractivity (Wildman–Crippen MR) is 54.9 cm³/mol. The molecule has 2 aromatic heterocycles. The second kappa shape index (κ2) is 2.68. The first kappa shape index (κ1) is 7.75. The molecule has 0 aliphatic carbocycles. The molecule has 0 bridgehead atoms. The van der Waals surface area contributed by atoms with Crippen molar-refractivity contribution in [1.82, 2.24) is 14.6 Å². The maximum Gasteiger partial charge on any atom is 0.217 e. The van der Waals surface area contributed by atoms with Crippen molar-refractivity contribution in [2.75, 3.05) is 7.11 Å². The number of ether oxygens (including phenoxy) is 1. The monoisotopic (exact) mass is 205 g/mol. The summed E-state index contributed by atoms with van der Waals surface area (Å²) in [5.74, 6) is 0.855. The quantitative estimate of drug-likeness (QED) is 0.609. The molecule has 0 aliphatic heterocycles. The molecule has 14 heavy (non-hydrogen) atoms. The number of aromatic nitrogens is 3. The first-order valence-electron chi connectivity index (χ1n) is 4.15. The molecule has 5 heteroatoms. The number of nitrogens with zero attached hydrogens (tertiary/aromatic N) is 3. The Kier molecular flexibility index (Phi) is 1.49. The van der Waals surface area contributed by atoms with E-state index in [0.29, 0.717) is 0 Å². The van der Waals surface area contributed by atoms with E-state index < -0.39 is 0 Å². The molecule has 0 N–H and O–H groups in total. The van der Waals surface area contributed by atoms with Crippen molar-refractivity contribution in [3.8, 4) is 5.75 Å². The minimum absolute atomic E-state index is 0.855. The van der Waals surface area contributed by atoms with Crippen molar-refractivity contribution in [2.45, 2.75) is 0 Å². The molecular weight excluding hydrogens is 198 g/mol. The van der Waals surface area contributed by atoms with Crippen molar-refractivity contribution >= 4 is 26.5 Å². The number of methoxy groups -OCH3 is 1. The van der Waals surface area contributed by atoms with Crippen LogP contribution in [0.25, 0.3) is 15.2 Å². The lowest BCUT2D eigenvalue weighted by atomic mass is 10.3. The summed E-state index contributed by atoms with van der Waals surface area (Å²) in [6.07, 6.45) is 1.71. The SMILES string of the molecule is COc1cccc2sc3nncn3c12. The zero-order valence-corrected chi connectivity index (χ0v) is 8.28. The Morgan fingerprint density at radius 2 is 2.36 bits per heavy atom. The molecule has 0 aliphatic rings. The van der Waals surface area contributed by atoms with Gasteiger partial charge < -0.3 is 4.74 Å². The van der Waals surface area contributed by atoms with Gasteiger partial charge in [-0.1, -0.05) is 17.4 Å². The smallest absolute Gasteiger partial charge is 0.217 e. The molecule has 3 rings (SSSR count). The highest BCUT2D eigenvalue weighted by Gasteiger charge is 2.09. The van der Waals surface area contributed by atoms with Gasteiger partial charge >= 0.3 is 0 Å². The van der Waals surface area contributed by atoms with Gasteiger partial charge in [-0.15, -0.1) is 10.2 Å². The summed E-state index contributed by atoms with van der Waals surface area (Å²) < 4.78 is 8.40. The van der Waals surface area contributed by atoms with Crippen LogP contribution >= 0.6 is 11.3 Å². The van der Waals surface area contributed by atoms with Crippen LogP contribution in [0.1, 0.15) is 0 Å². The van der Waals surface area contributed by atoms with Gasteiger partial charge in [0.1, 0.15) is 17.6 Å². The van der Waals surface area contributed by atoms with E-state index in [-0.39, 0.29) is 0 Å². The predicted octanol–water partition coefficient (Wildman–Crippen LogP) is 1.95. The fourth-order valence-corrected chi connectivity index (χ4v) is 2.50. The topological polar surface area (TPSA) is 39.4 Å². The van der Waals surface area contributed by atoms with Crippen molar-refractivity contribution in [3.05, 3.63) is 24.5 Å². The molecular formula is C9H7N3OS. The number of hydrogen-bond donors (Lipinski definition) is 0. The third-order valence-corrected chi connectivity index (χ3v) is 3.15. The number of thiazole rings is 1. The average molecular weight is 205 g/mol. The summed E-state index contributed by atoms with van der Waals surface area (Å²) in [4.78, 5) is 0.893. The number of hydrogen-bond acceptors (Lipinski definition) is 4. The third-order valence-electron chi connectivity index (χ3n) is 2.14. The Labute approximate surface area is 83.8 Å². The number of benzene rings is 1. The summed E-state index contributed by atoms with van der Waals surface area (Å²) in [6.45, 7) is 0. The van der Waals surface area contributed by atoms with Crippen LogP contribution in [0.4, 0.5) is 0 Å². The van der Waals surface area contributed by atoms with E-state index in [0.717, 1.165) is 20.9 Å². The minimum Gasteiger partial charge on any atom is -0.495 e. The highest BCUT2D eigenvalue weighted by Crippen LogP contribution is 2.31. The number of para-hydroxylation sites is 1. The lowest BCUT2D eigenvalue weighted by molar-refractivity contribution is 0.418. The summed E-state index contributed by atoms with van der Waals surface area (Å²) in [5.41, 5.74) is 1.04. The van der Waals surface area contributed by atoms with Gasteiger partial charge in [-0.2, -0.15) is 0 Å². The fraction of sp³-hybridized carbons (Fsp3) is 0.111. The molecule has 0 spiro atoms. The first-order chi connectivity index (χ1) is 6.90. The molecule has 4 nitrogen and oxygen atoms in total. The van der Waals surface area contributed by atoms with E-state index >= 15 is 0 Å². The maximum atomic E-state index is 5.29. The Morgan fingerprint density at radius 3 is 3.21 bits per heavy atom. The number of fused-ring (bicyclic) bond motifs is 3. The van der Waals surface area contributed by atoms with E-state index in [2.05, 4.69) is 16.3 Å². The van der Waals surface area contributed by atoms with E-state index in [1.165, 1.54) is 0 Å². The zero-order chi connectivity index (χ0) is 9.54. The standard InChI is InChI=1S/C9H7N3OS/c1-13-6-3-2-4-7-8(6)12-5-10-11-9(12)14-7/h2-5H,1H3. The van der Waals surface area contributed by atoms with Gasteiger partial charge in [0.15, 0.2) is 0 Å². The largest absolute Gasteiger partial charge is 0.495 e. The highest BCUT2D eigenvalue weighted by molar-refractivity contribution is 7.23. The van der Waals surface area contributed by atoms with Gasteiger partial charge in [-0.25, -0.2) is 0 Å². The van der Waals surface area contributed by atoms with Crippen LogP contribution in [-0.2, 0) is 0 Å². The molecule has 0 unspecified atom stereocenters. The molecule has 70 valence electrons. The van der Waals surface area contributed by atoms with Crippen LogP contribution in [-0.4, -0.2) is 21.7 Å². The maximum absolute atomic E-state index is 5.29. The van der Waals surface area contributed by atoms with Crippen molar-refractivity contribution in [2.24, 2.45) is 0 Å². The second-order valence-corrected chi connectivity index (χ2v) is 3.90. The Hall–Kier alpha value is -1.62. The summed E-state index contributed by atoms with van der Waals surface area (Å²) in [6, 6.07) is 5.97. The highest BCUT2D eigenvalue weighted by atomic mass is 32.1. The van der Waals surface area contributed by atoms with Crippen molar-refractivity contribution < 1.29 is 4.74 Å². The van der Waals surface area contributed by atoms with Crippen LogP contribution in [0.3, 0.4) is 0 Å². The molecule has 0 atom stereocenters. The van der Waals surface area contributed by atoms with Gasteiger partial charge in [0, 0.05) is 0 Å². The summed E-state index contributed by atoms with van der Waals surface area (Å²) >= 11 is 1.61. The molecule has 3 aromatic rings. The van der Waals surface area contributed by atoms with Gasteiger partial charge in [0.2, 0.25) is 4.96 Å². The molecule has 0 saturated heterocycles. The van der Waals surface area contributed by atoms with Gasteiger partial charge in [0.05, 0.1) is 11.8 Å². The second-order valence-electron chi connectivity index (χ2n) is 2.89. The molecule has 0 saturated carbocycles. The Morgan fingerprint density at radius 1 is 1.43 bits per heavy atom. The first-order valence-corrected chi connectivity index (χ1v) is 4.97. The Bertz CT molecular complexity index is 598. The van der Waals surface area contributed by atoms with Gasteiger partial charge in [0.25, 0.3) is 0 Å². The van der Waals surface area contributed by atoms with E-state index in [9.17, 15) is 0 Å². The zero-order valence-electron chi connectivity index (χ0n) is 7.47. The molecule has 1 aromatic carbocycles. The molecule has 2 heterocycles. The van der Waals surface area contributed by atoms with Crippen LogP contribution in [0.15, 0.2) is 24.5 Å². The van der Waals surface area contributed by atoms with Crippen LogP contribution in [0.5, 0.6) is 5.75 Å².